The Morgan fingerprint density at radius 1 is 1.21 bits per heavy atom. The summed E-state index contributed by atoms with van der Waals surface area (Å²) in [6, 6.07) is 9.71. The fraction of sp³-hybridized carbons (Fsp3) is 0.600. The fourth-order valence-corrected chi connectivity index (χ4v) is 5.64. The first kappa shape index (κ1) is 14.8. The van der Waals surface area contributed by atoms with E-state index in [0.29, 0.717) is 0 Å². The van der Waals surface area contributed by atoms with Crippen molar-refractivity contribution in [1.82, 2.24) is 0 Å². The molecule has 1 aliphatic rings. The third-order valence-corrected chi connectivity index (χ3v) is 6.70. The number of hydrogen-bond donors (Lipinski definition) is 0. The first-order valence-electron chi connectivity index (χ1n) is 7.23. The summed E-state index contributed by atoms with van der Waals surface area (Å²) in [6.07, 6.45) is 2.65. The van der Waals surface area contributed by atoms with Crippen molar-refractivity contribution < 1.29 is 8.85 Å². The third kappa shape index (κ3) is 4.19. The van der Waals surface area contributed by atoms with Crippen LogP contribution < -0.4 is 4.43 Å². The molecule has 19 heavy (non-hydrogen) atoms. The molecule has 0 radical (unpaired) electrons. The van der Waals surface area contributed by atoms with Crippen LogP contribution in [0, 0.1) is 0 Å². The summed E-state index contributed by atoms with van der Waals surface area (Å²) in [5.74, 6) is 1.04. The monoisotopic (exact) mass is 294 g/mol. The predicted octanol–water partition coefficient (Wildman–Crippen LogP) is 4.96. The van der Waals surface area contributed by atoms with Crippen molar-refractivity contribution in [2.24, 2.45) is 0 Å². The maximum atomic E-state index is 6.39. The number of hydrogen-bond acceptors (Lipinski definition) is 2. The fourth-order valence-electron chi connectivity index (χ4n) is 2.60. The summed E-state index contributed by atoms with van der Waals surface area (Å²) in [5, 5.41) is 0. The average Bonchev–Trinajstić information content (AvgIpc) is 2.26. The van der Waals surface area contributed by atoms with E-state index in [0.717, 1.165) is 12.2 Å². The van der Waals surface area contributed by atoms with Crippen LogP contribution in [-0.2, 0) is 4.43 Å². The SMILES string of the molecule is C[Si](C)(C)Oc1ccccc1C1CCC[Si](C)(C)O1. The van der Waals surface area contributed by atoms with Gasteiger partial charge < -0.3 is 8.85 Å². The van der Waals surface area contributed by atoms with Crippen molar-refractivity contribution >= 4 is 16.6 Å². The van der Waals surface area contributed by atoms with Crippen LogP contribution in [0.15, 0.2) is 24.3 Å². The Morgan fingerprint density at radius 2 is 1.89 bits per heavy atom. The quantitative estimate of drug-likeness (QED) is 0.734. The number of rotatable bonds is 3. The van der Waals surface area contributed by atoms with Crippen LogP contribution in [0.4, 0.5) is 0 Å². The summed E-state index contributed by atoms with van der Waals surface area (Å²) < 4.78 is 12.6. The van der Waals surface area contributed by atoms with Gasteiger partial charge in [0, 0.05) is 5.56 Å². The molecule has 0 aliphatic carbocycles. The Labute approximate surface area is 119 Å². The van der Waals surface area contributed by atoms with Gasteiger partial charge in [0.1, 0.15) is 5.75 Å². The highest BCUT2D eigenvalue weighted by atomic mass is 28.4. The van der Waals surface area contributed by atoms with Crippen molar-refractivity contribution in [3.63, 3.8) is 0 Å². The van der Waals surface area contributed by atoms with Gasteiger partial charge in [0.2, 0.25) is 8.32 Å². The van der Waals surface area contributed by atoms with Crippen LogP contribution in [0.1, 0.15) is 24.5 Å². The predicted molar refractivity (Wildman–Crippen MR) is 85.8 cm³/mol. The van der Waals surface area contributed by atoms with Gasteiger partial charge in [0.15, 0.2) is 8.32 Å². The highest BCUT2D eigenvalue weighted by molar-refractivity contribution is 6.71. The molecular formula is C15H26O2Si2. The lowest BCUT2D eigenvalue weighted by molar-refractivity contribution is 0.161. The zero-order chi connectivity index (χ0) is 14.1. The van der Waals surface area contributed by atoms with Crippen molar-refractivity contribution in [3.8, 4) is 5.75 Å². The molecular weight excluding hydrogens is 268 g/mol. The van der Waals surface area contributed by atoms with E-state index < -0.39 is 16.6 Å². The summed E-state index contributed by atoms with van der Waals surface area (Å²) in [5.41, 5.74) is 1.25. The highest BCUT2D eigenvalue weighted by Gasteiger charge is 2.33. The first-order chi connectivity index (χ1) is 8.77. The van der Waals surface area contributed by atoms with Crippen molar-refractivity contribution in [2.45, 2.75) is 57.7 Å². The van der Waals surface area contributed by atoms with E-state index >= 15 is 0 Å². The molecule has 1 aliphatic heterocycles. The molecule has 2 rings (SSSR count). The van der Waals surface area contributed by atoms with Crippen molar-refractivity contribution in [1.29, 1.82) is 0 Å². The average molecular weight is 295 g/mol. The molecule has 1 fully saturated rings. The number of para-hydroxylation sites is 1. The molecule has 0 amide bonds. The van der Waals surface area contributed by atoms with Gasteiger partial charge >= 0.3 is 0 Å². The summed E-state index contributed by atoms with van der Waals surface area (Å²) in [6.45, 7) is 11.3. The molecule has 1 unspecified atom stereocenters. The van der Waals surface area contributed by atoms with Crippen molar-refractivity contribution in [2.75, 3.05) is 0 Å². The maximum absolute atomic E-state index is 6.39. The van der Waals surface area contributed by atoms with Gasteiger partial charge in [0.25, 0.3) is 0 Å². The van der Waals surface area contributed by atoms with Gasteiger partial charge in [-0.2, -0.15) is 0 Å². The Kier molecular flexibility index (Phi) is 4.23. The zero-order valence-electron chi connectivity index (χ0n) is 12.8. The van der Waals surface area contributed by atoms with Crippen LogP contribution in [-0.4, -0.2) is 16.6 Å². The second kappa shape index (κ2) is 5.42. The van der Waals surface area contributed by atoms with E-state index in [1.165, 1.54) is 18.0 Å². The smallest absolute Gasteiger partial charge is 0.242 e. The molecule has 0 bridgehead atoms. The lowest BCUT2D eigenvalue weighted by Gasteiger charge is -2.36. The molecule has 1 aromatic rings. The second-order valence-electron chi connectivity index (χ2n) is 7.01. The van der Waals surface area contributed by atoms with E-state index in [1.807, 2.05) is 0 Å². The Hall–Kier alpha value is -0.586. The minimum atomic E-state index is -1.57. The minimum Gasteiger partial charge on any atom is -0.544 e. The molecule has 0 N–H and O–H groups in total. The lowest BCUT2D eigenvalue weighted by Crippen LogP contribution is -2.36. The van der Waals surface area contributed by atoms with Crippen LogP contribution in [0.3, 0.4) is 0 Å². The van der Waals surface area contributed by atoms with E-state index in [-0.39, 0.29) is 6.10 Å². The van der Waals surface area contributed by atoms with E-state index in [1.54, 1.807) is 0 Å². The van der Waals surface area contributed by atoms with Gasteiger partial charge in [-0.15, -0.1) is 0 Å². The summed E-state index contributed by atoms with van der Waals surface area (Å²) in [7, 11) is -3.04. The minimum absolute atomic E-state index is 0.239. The van der Waals surface area contributed by atoms with E-state index in [2.05, 4.69) is 57.0 Å². The standard InChI is InChI=1S/C15H26O2Si2/c1-18(2,3)16-14-10-7-6-9-13(14)15-11-8-12-19(4,5)17-15/h6-7,9-10,15H,8,11-12H2,1-5H3. The number of benzene rings is 1. The molecule has 0 saturated carbocycles. The lowest BCUT2D eigenvalue weighted by atomic mass is 10.0. The largest absolute Gasteiger partial charge is 0.544 e. The van der Waals surface area contributed by atoms with E-state index in [9.17, 15) is 0 Å². The third-order valence-electron chi connectivity index (χ3n) is 3.39. The molecule has 2 nitrogen and oxygen atoms in total. The normalized spacial score (nSPS) is 23.1. The molecule has 0 spiro atoms. The topological polar surface area (TPSA) is 18.5 Å². The molecule has 4 heteroatoms. The van der Waals surface area contributed by atoms with Gasteiger partial charge in [-0.25, -0.2) is 0 Å². The molecule has 1 saturated heterocycles. The first-order valence-corrected chi connectivity index (χ1v) is 13.7. The van der Waals surface area contributed by atoms with Gasteiger partial charge in [-0.1, -0.05) is 24.6 Å². The van der Waals surface area contributed by atoms with Crippen molar-refractivity contribution in [3.05, 3.63) is 29.8 Å². The maximum Gasteiger partial charge on any atom is 0.242 e. The molecule has 1 atom stereocenters. The Morgan fingerprint density at radius 3 is 2.53 bits per heavy atom. The summed E-state index contributed by atoms with van der Waals surface area (Å²) >= 11 is 0. The van der Waals surface area contributed by atoms with Crippen LogP contribution >= 0.6 is 0 Å². The van der Waals surface area contributed by atoms with Gasteiger partial charge in [-0.05, 0) is 51.3 Å². The van der Waals surface area contributed by atoms with Gasteiger partial charge in [-0.3, -0.25) is 0 Å². The van der Waals surface area contributed by atoms with Crippen LogP contribution in [0.5, 0.6) is 5.75 Å². The Bertz CT molecular complexity index is 438. The second-order valence-corrected chi connectivity index (χ2v) is 15.7. The molecule has 0 aromatic heterocycles. The van der Waals surface area contributed by atoms with Crippen LogP contribution in [0.2, 0.25) is 38.8 Å². The molecule has 1 heterocycles. The molecule has 106 valence electrons. The van der Waals surface area contributed by atoms with Gasteiger partial charge in [0.05, 0.1) is 6.10 Å². The van der Waals surface area contributed by atoms with E-state index in [4.69, 9.17) is 8.85 Å². The Balaban J connectivity index is 2.24. The zero-order valence-corrected chi connectivity index (χ0v) is 14.8. The molecule has 1 aromatic carbocycles. The highest BCUT2D eigenvalue weighted by Crippen LogP contribution is 2.39. The van der Waals surface area contributed by atoms with Crippen LogP contribution in [0.25, 0.3) is 0 Å². The summed E-state index contributed by atoms with van der Waals surface area (Å²) in [4.78, 5) is 0.